The van der Waals surface area contributed by atoms with Gasteiger partial charge in [0.1, 0.15) is 15.6 Å². The van der Waals surface area contributed by atoms with Crippen LogP contribution in [0.2, 0.25) is 5.02 Å². The van der Waals surface area contributed by atoms with Crippen molar-refractivity contribution in [3.05, 3.63) is 70.3 Å². The van der Waals surface area contributed by atoms with Gasteiger partial charge in [-0.2, -0.15) is 0 Å². The summed E-state index contributed by atoms with van der Waals surface area (Å²) in [6.07, 6.45) is 8.91. The summed E-state index contributed by atoms with van der Waals surface area (Å²) in [7, 11) is -7.63. The van der Waals surface area contributed by atoms with Crippen molar-refractivity contribution < 1.29 is 31.5 Å². The predicted octanol–water partition coefficient (Wildman–Crippen LogP) is 4.41. The molecule has 1 saturated carbocycles. The fourth-order valence-corrected chi connectivity index (χ4v) is 10.0. The summed E-state index contributed by atoms with van der Waals surface area (Å²) in [5.41, 5.74) is 3.02. The number of nitrogens with one attached hydrogen (secondary N) is 1. The number of anilines is 1. The number of aliphatic hydroxyl groups is 1. The first-order chi connectivity index (χ1) is 21.3. The fourth-order valence-electron chi connectivity index (χ4n) is 7.54. The number of hydrogen-bond acceptors (Lipinski definition) is 8. The van der Waals surface area contributed by atoms with Crippen LogP contribution in [-0.4, -0.2) is 70.9 Å². The molecule has 0 unspecified atom stereocenters. The molecule has 9 nitrogen and oxygen atoms in total. The van der Waals surface area contributed by atoms with E-state index < -0.39 is 37.1 Å². The molecule has 12 heteroatoms. The van der Waals surface area contributed by atoms with Gasteiger partial charge in [0.15, 0.2) is 0 Å². The van der Waals surface area contributed by atoms with Gasteiger partial charge in [0, 0.05) is 35.3 Å². The topological polar surface area (TPSA) is 130 Å². The number of halogens is 1. The molecule has 6 rings (SSSR count). The van der Waals surface area contributed by atoms with Crippen LogP contribution in [0.15, 0.2) is 48.6 Å². The molecule has 2 aliphatic heterocycles. The Labute approximate surface area is 271 Å². The first-order valence-electron chi connectivity index (χ1n) is 15.7. The second-order valence-corrected chi connectivity index (χ2v) is 18.0. The number of benzene rings is 2. The molecule has 4 aliphatic rings. The van der Waals surface area contributed by atoms with E-state index in [1.807, 2.05) is 12.1 Å². The largest absolute Gasteiger partial charge is 0.490 e. The Hall–Kier alpha value is -2.60. The van der Waals surface area contributed by atoms with Crippen molar-refractivity contribution in [2.24, 2.45) is 11.8 Å². The number of amides is 1. The lowest BCUT2D eigenvalue weighted by Gasteiger charge is -2.45. The zero-order valence-corrected chi connectivity index (χ0v) is 27.8. The number of allylic oxidation sites excluding steroid dienone is 1. The van der Waals surface area contributed by atoms with Crippen LogP contribution in [0.3, 0.4) is 0 Å². The van der Waals surface area contributed by atoms with Crippen LogP contribution in [0.25, 0.3) is 0 Å². The minimum atomic E-state index is -4.21. The third-order valence-electron chi connectivity index (χ3n) is 10.1. The smallest absolute Gasteiger partial charge is 0.264 e. The fraction of sp³-hybridized carbons (Fsp3) is 0.545. The molecule has 244 valence electrons. The first-order valence-corrected chi connectivity index (χ1v) is 19.7. The quantitative estimate of drug-likeness (QED) is 0.458. The molecular formula is C33H41ClN2O7S2. The van der Waals surface area contributed by atoms with Crippen molar-refractivity contribution in [2.45, 2.75) is 68.1 Å². The number of sulfone groups is 1. The minimum Gasteiger partial charge on any atom is -0.490 e. The van der Waals surface area contributed by atoms with E-state index in [1.54, 1.807) is 30.4 Å². The lowest BCUT2D eigenvalue weighted by molar-refractivity contribution is 0.0456. The minimum absolute atomic E-state index is 0.0476. The highest BCUT2D eigenvalue weighted by Crippen LogP contribution is 2.46. The average Bonchev–Trinajstić information content (AvgIpc) is 3.10. The monoisotopic (exact) mass is 676 g/mol. The highest BCUT2D eigenvalue weighted by atomic mass is 35.5. The average molecular weight is 677 g/mol. The van der Waals surface area contributed by atoms with Gasteiger partial charge in [-0.15, -0.1) is 0 Å². The Balaban J connectivity index is 1.39. The Kier molecular flexibility index (Phi) is 9.02. The molecule has 1 spiro atoms. The van der Waals surface area contributed by atoms with Crippen molar-refractivity contribution in [2.75, 3.05) is 36.6 Å². The van der Waals surface area contributed by atoms with E-state index in [2.05, 4.69) is 15.7 Å². The zero-order valence-electron chi connectivity index (χ0n) is 25.5. The number of rotatable bonds is 3. The van der Waals surface area contributed by atoms with E-state index >= 15 is 0 Å². The lowest BCUT2D eigenvalue weighted by atomic mass is 9.68. The molecule has 2 aromatic carbocycles. The number of aliphatic hydroxyl groups excluding tert-OH is 1. The second-order valence-electron chi connectivity index (χ2n) is 13.3. The van der Waals surface area contributed by atoms with Crippen LogP contribution in [-0.2, 0) is 31.7 Å². The summed E-state index contributed by atoms with van der Waals surface area (Å²) in [6, 6.07) is 11.1. The standard InChI is InChI=1S/C33H41ClN2O7S2/c1-44(39,40)16-14-26-6-2-3-7-30(37)27-11-8-24(27)19-36-20-33(15-4-5-22-17-25(34)10-12-28(22)33)21-43-31-13-9-23(18-29(31)36)32(38)35-45(26,41)42/h3,7,9-10,12-13,17-18,24,26-27,30,37H,2,4-6,8,11,14-16,19-21H2,1H3,(H,35,38)/b7-3+/t24-,26+,27+,30-,33-/m0/s1. The molecule has 2 bridgehead atoms. The third kappa shape index (κ3) is 6.92. The Morgan fingerprint density at radius 2 is 1.98 bits per heavy atom. The second kappa shape index (κ2) is 12.5. The number of hydrogen-bond donors (Lipinski definition) is 2. The molecular weight excluding hydrogens is 636 g/mol. The van der Waals surface area contributed by atoms with Crippen molar-refractivity contribution in [1.29, 1.82) is 0 Å². The van der Waals surface area contributed by atoms with E-state index in [0.29, 0.717) is 36.9 Å². The number of fused-ring (bicyclic) bond motifs is 4. The van der Waals surface area contributed by atoms with E-state index in [1.165, 1.54) is 11.1 Å². The van der Waals surface area contributed by atoms with Gasteiger partial charge >= 0.3 is 0 Å². The van der Waals surface area contributed by atoms with Crippen molar-refractivity contribution in [1.82, 2.24) is 4.72 Å². The van der Waals surface area contributed by atoms with Crippen molar-refractivity contribution in [3.63, 3.8) is 0 Å². The Morgan fingerprint density at radius 1 is 1.16 bits per heavy atom. The zero-order chi connectivity index (χ0) is 32.0. The molecule has 2 aliphatic carbocycles. The Morgan fingerprint density at radius 3 is 2.73 bits per heavy atom. The molecule has 0 saturated heterocycles. The summed E-state index contributed by atoms with van der Waals surface area (Å²) < 4.78 is 59.4. The molecule has 0 radical (unpaired) electrons. The van der Waals surface area contributed by atoms with Gasteiger partial charge in [0.05, 0.1) is 29.4 Å². The SMILES string of the molecule is CS(=O)(=O)CC[C@H]1CC/C=C/[C@H](O)[C@@H]2CC[C@H]2CN2C[C@@]3(CCCc4cc(Cl)ccc43)COc3ccc(cc32)C(=O)NS1(=O)=O. The van der Waals surface area contributed by atoms with Crippen LogP contribution < -0.4 is 14.4 Å². The van der Waals surface area contributed by atoms with Crippen LogP contribution in [0.4, 0.5) is 5.69 Å². The summed E-state index contributed by atoms with van der Waals surface area (Å²) in [4.78, 5) is 15.7. The summed E-state index contributed by atoms with van der Waals surface area (Å²) >= 11 is 6.38. The molecule has 5 atom stereocenters. The van der Waals surface area contributed by atoms with E-state index in [4.69, 9.17) is 16.3 Å². The van der Waals surface area contributed by atoms with Crippen LogP contribution in [0, 0.1) is 11.8 Å². The van der Waals surface area contributed by atoms with Gasteiger partial charge in [-0.3, -0.25) is 4.79 Å². The maximum atomic E-state index is 13.5. The van der Waals surface area contributed by atoms with Crippen LogP contribution in [0.5, 0.6) is 5.75 Å². The van der Waals surface area contributed by atoms with Crippen LogP contribution in [0.1, 0.15) is 66.4 Å². The van der Waals surface area contributed by atoms with Gasteiger partial charge in [0.2, 0.25) is 10.0 Å². The van der Waals surface area contributed by atoms with E-state index in [0.717, 1.165) is 44.0 Å². The maximum Gasteiger partial charge on any atom is 0.264 e. The number of nitrogens with zero attached hydrogens (tertiary/aromatic N) is 1. The maximum absolute atomic E-state index is 13.5. The van der Waals surface area contributed by atoms with Gasteiger partial charge in [0.25, 0.3) is 5.91 Å². The number of carbonyl (C=O) groups is 1. The Bertz CT molecular complexity index is 1710. The van der Waals surface area contributed by atoms with Crippen molar-refractivity contribution >= 4 is 43.1 Å². The highest BCUT2D eigenvalue weighted by molar-refractivity contribution is 7.91. The third-order valence-corrected chi connectivity index (χ3v) is 13.2. The van der Waals surface area contributed by atoms with E-state index in [9.17, 15) is 26.7 Å². The van der Waals surface area contributed by atoms with Crippen molar-refractivity contribution in [3.8, 4) is 5.75 Å². The van der Waals surface area contributed by atoms with Gasteiger partial charge < -0.3 is 14.7 Å². The van der Waals surface area contributed by atoms with E-state index in [-0.39, 0.29) is 41.4 Å². The van der Waals surface area contributed by atoms with Gasteiger partial charge in [-0.05, 0) is 105 Å². The molecule has 2 aromatic rings. The summed E-state index contributed by atoms with van der Waals surface area (Å²) in [5, 5.41) is 10.8. The predicted molar refractivity (Wildman–Crippen MR) is 175 cm³/mol. The molecule has 2 N–H and O–H groups in total. The highest BCUT2D eigenvalue weighted by Gasteiger charge is 2.44. The number of sulfonamides is 1. The number of carbonyl (C=O) groups excluding carboxylic acids is 1. The van der Waals surface area contributed by atoms with Crippen LogP contribution >= 0.6 is 11.6 Å². The molecule has 2 heterocycles. The summed E-state index contributed by atoms with van der Waals surface area (Å²) in [6.45, 7) is 1.75. The normalized spacial score (nSPS) is 30.6. The van der Waals surface area contributed by atoms with Gasteiger partial charge in [-0.1, -0.05) is 29.8 Å². The number of aryl methyl sites for hydroxylation is 1. The first kappa shape index (κ1) is 32.3. The summed E-state index contributed by atoms with van der Waals surface area (Å²) in [5.74, 6) is -0.194. The molecule has 45 heavy (non-hydrogen) atoms. The molecule has 1 amide bonds. The number of ether oxygens (including phenoxy) is 1. The van der Waals surface area contributed by atoms with Gasteiger partial charge in [-0.25, -0.2) is 21.6 Å². The molecule has 0 aromatic heterocycles. The molecule has 1 fully saturated rings. The lowest BCUT2D eigenvalue weighted by Crippen LogP contribution is -2.49.